The minimum absolute atomic E-state index is 0.160. The summed E-state index contributed by atoms with van der Waals surface area (Å²) in [6.07, 6.45) is 0. The van der Waals surface area contributed by atoms with Crippen LogP contribution in [0.25, 0.3) is 0 Å². The number of anilines is 1. The highest BCUT2D eigenvalue weighted by atomic mass is 35.5. The number of methoxy groups -OCH3 is 1. The third kappa shape index (κ3) is 3.37. The lowest BCUT2D eigenvalue weighted by Crippen LogP contribution is -2.14. The molecule has 0 unspecified atom stereocenters. The number of hydrogen-bond donors (Lipinski definition) is 1. The molecule has 0 atom stereocenters. The van der Waals surface area contributed by atoms with Gasteiger partial charge in [0.1, 0.15) is 5.75 Å². The molecule has 1 amide bonds. The molecule has 0 fully saturated rings. The Balaban J connectivity index is 2.33. The Hall–Kier alpha value is -2.00. The van der Waals surface area contributed by atoms with Gasteiger partial charge in [-0.25, -0.2) is 0 Å². The van der Waals surface area contributed by atoms with Crippen LogP contribution in [0.4, 0.5) is 5.69 Å². The number of carbonyl (C=O) groups is 1. The monoisotopic (exact) mass is 303 g/mol. The maximum Gasteiger partial charge on any atom is 0.256 e. The van der Waals surface area contributed by atoms with Crippen LogP contribution in [-0.4, -0.2) is 13.0 Å². The van der Waals surface area contributed by atoms with E-state index in [-0.39, 0.29) is 5.91 Å². The highest BCUT2D eigenvalue weighted by molar-refractivity contribution is 6.31. The molecule has 21 heavy (non-hydrogen) atoms. The molecule has 0 heterocycles. The Morgan fingerprint density at radius 2 is 1.81 bits per heavy atom. The average Bonchev–Trinajstić information content (AvgIpc) is 2.42. The van der Waals surface area contributed by atoms with Crippen molar-refractivity contribution < 1.29 is 9.53 Å². The number of nitrogens with one attached hydrogen (secondary N) is 1. The van der Waals surface area contributed by atoms with Crippen molar-refractivity contribution in [2.45, 2.75) is 20.8 Å². The van der Waals surface area contributed by atoms with Crippen LogP contribution in [0.3, 0.4) is 0 Å². The standard InChI is InChI=1S/C17H18ClNO2/c1-10-5-6-13(11(2)7-10)17(20)19-15-8-12(3)14(18)9-16(15)21-4/h5-9H,1-4H3,(H,19,20). The van der Waals surface area contributed by atoms with E-state index in [0.29, 0.717) is 22.0 Å². The van der Waals surface area contributed by atoms with Gasteiger partial charge in [-0.15, -0.1) is 0 Å². The summed E-state index contributed by atoms with van der Waals surface area (Å²) >= 11 is 6.07. The number of benzene rings is 2. The summed E-state index contributed by atoms with van der Waals surface area (Å²) in [4.78, 5) is 12.4. The Kier molecular flexibility index (Phi) is 4.53. The van der Waals surface area contributed by atoms with Gasteiger partial charge in [-0.2, -0.15) is 0 Å². The van der Waals surface area contributed by atoms with Gasteiger partial charge < -0.3 is 10.1 Å². The topological polar surface area (TPSA) is 38.3 Å². The first-order chi connectivity index (χ1) is 9.92. The van der Waals surface area contributed by atoms with E-state index in [1.165, 1.54) is 0 Å². The lowest BCUT2D eigenvalue weighted by Gasteiger charge is -2.13. The Morgan fingerprint density at radius 1 is 1.10 bits per heavy atom. The van der Waals surface area contributed by atoms with Gasteiger partial charge in [-0.3, -0.25) is 4.79 Å². The van der Waals surface area contributed by atoms with Gasteiger partial charge >= 0.3 is 0 Å². The molecule has 0 aliphatic carbocycles. The van der Waals surface area contributed by atoms with E-state index in [2.05, 4.69) is 5.32 Å². The van der Waals surface area contributed by atoms with Crippen LogP contribution in [0.1, 0.15) is 27.0 Å². The van der Waals surface area contributed by atoms with Crippen LogP contribution >= 0.6 is 11.6 Å². The van der Waals surface area contributed by atoms with Crippen LogP contribution in [0.5, 0.6) is 5.75 Å². The molecule has 0 saturated carbocycles. The van der Waals surface area contributed by atoms with Crippen molar-refractivity contribution in [1.29, 1.82) is 0 Å². The summed E-state index contributed by atoms with van der Waals surface area (Å²) in [7, 11) is 1.55. The second-order valence-corrected chi connectivity index (χ2v) is 5.48. The first-order valence-electron chi connectivity index (χ1n) is 6.65. The highest BCUT2D eigenvalue weighted by Gasteiger charge is 2.13. The molecule has 0 bridgehead atoms. The molecule has 2 rings (SSSR count). The van der Waals surface area contributed by atoms with Crippen molar-refractivity contribution >= 4 is 23.2 Å². The summed E-state index contributed by atoms with van der Waals surface area (Å²) in [5, 5.41) is 3.49. The van der Waals surface area contributed by atoms with Gasteiger partial charge in [0.05, 0.1) is 12.8 Å². The molecule has 110 valence electrons. The van der Waals surface area contributed by atoms with Gasteiger partial charge in [0.25, 0.3) is 5.91 Å². The number of hydrogen-bond acceptors (Lipinski definition) is 2. The Bertz CT molecular complexity index is 695. The summed E-state index contributed by atoms with van der Waals surface area (Å²) < 4.78 is 5.27. The van der Waals surface area contributed by atoms with E-state index in [0.717, 1.165) is 16.7 Å². The van der Waals surface area contributed by atoms with Crippen LogP contribution in [0.15, 0.2) is 30.3 Å². The fourth-order valence-corrected chi connectivity index (χ4v) is 2.34. The summed E-state index contributed by atoms with van der Waals surface area (Å²) in [5.74, 6) is 0.385. The summed E-state index contributed by atoms with van der Waals surface area (Å²) in [6, 6.07) is 9.25. The maximum absolute atomic E-state index is 12.4. The number of halogens is 1. The molecule has 0 aliphatic rings. The number of carbonyl (C=O) groups excluding carboxylic acids is 1. The van der Waals surface area contributed by atoms with Crippen molar-refractivity contribution in [1.82, 2.24) is 0 Å². The quantitative estimate of drug-likeness (QED) is 0.905. The van der Waals surface area contributed by atoms with Crippen molar-refractivity contribution in [2.75, 3.05) is 12.4 Å². The molecule has 2 aromatic rings. The zero-order valence-corrected chi connectivity index (χ0v) is 13.3. The van der Waals surface area contributed by atoms with Gasteiger partial charge in [0.2, 0.25) is 0 Å². The fraction of sp³-hybridized carbons (Fsp3) is 0.235. The van der Waals surface area contributed by atoms with Gasteiger partial charge in [-0.1, -0.05) is 29.3 Å². The van der Waals surface area contributed by atoms with Crippen molar-refractivity contribution in [3.8, 4) is 5.75 Å². The molecule has 0 aliphatic heterocycles. The van der Waals surface area contributed by atoms with E-state index in [9.17, 15) is 4.79 Å². The fourth-order valence-electron chi connectivity index (χ4n) is 2.19. The lowest BCUT2D eigenvalue weighted by molar-refractivity contribution is 0.102. The predicted molar refractivity (Wildman–Crippen MR) is 86.6 cm³/mol. The number of ether oxygens (including phenoxy) is 1. The first kappa shape index (κ1) is 15.4. The predicted octanol–water partition coefficient (Wildman–Crippen LogP) is 4.53. The SMILES string of the molecule is COc1cc(Cl)c(C)cc1NC(=O)c1ccc(C)cc1C. The molecule has 4 heteroatoms. The second kappa shape index (κ2) is 6.19. The first-order valence-corrected chi connectivity index (χ1v) is 7.03. The third-order valence-electron chi connectivity index (χ3n) is 3.36. The van der Waals surface area contributed by atoms with E-state index in [1.807, 2.05) is 45.0 Å². The number of rotatable bonds is 3. The highest BCUT2D eigenvalue weighted by Crippen LogP contribution is 2.31. The normalized spacial score (nSPS) is 10.3. The van der Waals surface area contributed by atoms with Gasteiger partial charge in [0.15, 0.2) is 0 Å². The molecule has 0 radical (unpaired) electrons. The van der Waals surface area contributed by atoms with Crippen LogP contribution in [0, 0.1) is 20.8 Å². The minimum atomic E-state index is -0.160. The largest absolute Gasteiger partial charge is 0.495 e. The minimum Gasteiger partial charge on any atom is -0.495 e. The maximum atomic E-state index is 12.4. The smallest absolute Gasteiger partial charge is 0.256 e. The van der Waals surface area contributed by atoms with Gasteiger partial charge in [-0.05, 0) is 44.0 Å². The van der Waals surface area contributed by atoms with Crippen molar-refractivity contribution in [3.05, 3.63) is 57.6 Å². The lowest BCUT2D eigenvalue weighted by atomic mass is 10.0. The van der Waals surface area contributed by atoms with Crippen LogP contribution in [-0.2, 0) is 0 Å². The second-order valence-electron chi connectivity index (χ2n) is 5.07. The Morgan fingerprint density at radius 3 is 2.43 bits per heavy atom. The summed E-state index contributed by atoms with van der Waals surface area (Å²) in [5.41, 5.74) is 4.22. The number of amides is 1. The Labute approximate surface area is 129 Å². The van der Waals surface area contributed by atoms with Gasteiger partial charge in [0, 0.05) is 16.7 Å². The van der Waals surface area contributed by atoms with Crippen LogP contribution < -0.4 is 10.1 Å². The molecule has 0 spiro atoms. The molecule has 1 N–H and O–H groups in total. The van der Waals surface area contributed by atoms with Crippen LogP contribution in [0.2, 0.25) is 5.02 Å². The van der Waals surface area contributed by atoms with E-state index in [1.54, 1.807) is 13.2 Å². The molecular weight excluding hydrogens is 286 g/mol. The zero-order chi connectivity index (χ0) is 15.6. The third-order valence-corrected chi connectivity index (χ3v) is 3.76. The van der Waals surface area contributed by atoms with E-state index in [4.69, 9.17) is 16.3 Å². The molecule has 0 aromatic heterocycles. The van der Waals surface area contributed by atoms with Crippen molar-refractivity contribution in [3.63, 3.8) is 0 Å². The zero-order valence-electron chi connectivity index (χ0n) is 12.6. The molecular formula is C17H18ClNO2. The van der Waals surface area contributed by atoms with Crippen molar-refractivity contribution in [2.24, 2.45) is 0 Å². The molecule has 2 aromatic carbocycles. The molecule has 3 nitrogen and oxygen atoms in total. The van der Waals surface area contributed by atoms with E-state index < -0.39 is 0 Å². The molecule has 0 saturated heterocycles. The van der Waals surface area contributed by atoms with E-state index >= 15 is 0 Å². The average molecular weight is 304 g/mol. The summed E-state index contributed by atoms with van der Waals surface area (Å²) in [6.45, 7) is 5.81. The number of aryl methyl sites for hydroxylation is 3.